The fourth-order valence-corrected chi connectivity index (χ4v) is 4.51. The number of benzene rings is 2. The van der Waals surface area contributed by atoms with Gasteiger partial charge in [0.25, 0.3) is 23.4 Å². The van der Waals surface area contributed by atoms with E-state index in [0.717, 1.165) is 16.1 Å². The number of carbonyl (C=O) groups excluding carboxylic acids is 4. The van der Waals surface area contributed by atoms with Crippen molar-refractivity contribution < 1.29 is 28.8 Å². The van der Waals surface area contributed by atoms with Crippen molar-refractivity contribution in [2.45, 2.75) is 13.3 Å². The van der Waals surface area contributed by atoms with Gasteiger partial charge < -0.3 is 4.74 Å². The van der Waals surface area contributed by atoms with Crippen LogP contribution in [0.3, 0.4) is 0 Å². The first-order chi connectivity index (χ1) is 16.7. The number of hydrogen-bond acceptors (Lipinski definition) is 7. The van der Waals surface area contributed by atoms with Crippen molar-refractivity contribution in [3.05, 3.63) is 81.9 Å². The molecule has 0 saturated carbocycles. The number of non-ortho nitro benzene ring substituents is 1. The second-order valence-corrected chi connectivity index (χ2v) is 8.47. The van der Waals surface area contributed by atoms with E-state index in [0.29, 0.717) is 12.2 Å². The molecule has 35 heavy (non-hydrogen) atoms. The van der Waals surface area contributed by atoms with Gasteiger partial charge in [0, 0.05) is 23.3 Å². The van der Waals surface area contributed by atoms with E-state index in [9.17, 15) is 29.3 Å². The quantitative estimate of drug-likeness (QED) is 0.197. The molecule has 2 aliphatic rings. The molecule has 1 aliphatic carbocycles. The van der Waals surface area contributed by atoms with Crippen LogP contribution in [0.1, 0.15) is 34.1 Å². The molecule has 0 unspecified atom stereocenters. The number of imide groups is 1. The normalized spacial score (nSPS) is 21.0. The van der Waals surface area contributed by atoms with Gasteiger partial charge in [0.15, 0.2) is 5.78 Å². The fourth-order valence-electron chi connectivity index (χ4n) is 4.51. The Kier molecular flexibility index (Phi) is 6.46. The number of rotatable bonds is 7. The maximum Gasteiger partial charge on any atom is 0.273 e. The van der Waals surface area contributed by atoms with Crippen LogP contribution in [0.25, 0.3) is 0 Å². The minimum Gasteiger partial charge on any atom is -0.497 e. The van der Waals surface area contributed by atoms with E-state index in [1.165, 1.54) is 37.4 Å². The highest BCUT2D eigenvalue weighted by Gasteiger charge is 2.53. The summed E-state index contributed by atoms with van der Waals surface area (Å²) in [6.45, 7) is 1.21. The Morgan fingerprint density at radius 1 is 1.11 bits per heavy atom. The number of amides is 3. The second-order valence-electron chi connectivity index (χ2n) is 8.47. The molecular formula is C25H23N3O7. The molecule has 0 radical (unpaired) electrons. The van der Waals surface area contributed by atoms with E-state index in [-0.39, 0.29) is 22.7 Å². The zero-order valence-corrected chi connectivity index (χ0v) is 19.1. The van der Waals surface area contributed by atoms with Gasteiger partial charge in [-0.15, -0.1) is 0 Å². The van der Waals surface area contributed by atoms with Crippen LogP contribution in [-0.2, 0) is 9.59 Å². The van der Waals surface area contributed by atoms with Gasteiger partial charge in [0.1, 0.15) is 12.3 Å². The van der Waals surface area contributed by atoms with Crippen molar-refractivity contribution in [3.8, 4) is 5.75 Å². The van der Waals surface area contributed by atoms with Crippen molar-refractivity contribution in [2.75, 3.05) is 13.7 Å². The van der Waals surface area contributed by atoms with Crippen molar-refractivity contribution in [3.63, 3.8) is 0 Å². The van der Waals surface area contributed by atoms with Crippen LogP contribution in [0.5, 0.6) is 5.75 Å². The molecule has 3 amide bonds. The Morgan fingerprint density at radius 2 is 1.83 bits per heavy atom. The predicted molar refractivity (Wildman–Crippen MR) is 123 cm³/mol. The molecule has 10 nitrogen and oxygen atoms in total. The predicted octanol–water partition coefficient (Wildman–Crippen LogP) is 3.04. The Hall–Kier alpha value is -4.34. The summed E-state index contributed by atoms with van der Waals surface area (Å²) in [6, 6.07) is 11.1. The standard InChI is InChI=1S/C25H23N3O7/c1-15-5-3-8-20-22(15)25(32)27(24(20)31)26(14-21(29)16-9-11-19(35-2)12-10-16)23(30)17-6-4-7-18(13-17)28(33)34/h3-7,9-13,15,20,22H,8,14H2,1-2H3/t15-,20-,22-/m1/s1. The minimum absolute atomic E-state index is 0.122. The number of methoxy groups -OCH3 is 1. The SMILES string of the molecule is COc1ccc(C(=O)CN(C(=O)c2cccc([N+](=O)[O-])c2)N2C(=O)[C@@H]3[C@H](C)C=CC[C@H]3C2=O)cc1. The minimum atomic E-state index is -0.864. The number of ketones is 1. The number of nitrogens with zero attached hydrogens (tertiary/aromatic N) is 3. The highest BCUT2D eigenvalue weighted by Crippen LogP contribution is 2.39. The van der Waals surface area contributed by atoms with Crippen LogP contribution < -0.4 is 4.74 Å². The average molecular weight is 477 g/mol. The van der Waals surface area contributed by atoms with Gasteiger partial charge in [-0.3, -0.25) is 29.3 Å². The van der Waals surface area contributed by atoms with Gasteiger partial charge in [-0.2, -0.15) is 5.01 Å². The lowest BCUT2D eigenvalue weighted by molar-refractivity contribution is -0.384. The molecule has 180 valence electrons. The van der Waals surface area contributed by atoms with E-state index in [1.54, 1.807) is 12.1 Å². The maximum absolute atomic E-state index is 13.5. The molecule has 2 aromatic rings. The van der Waals surface area contributed by atoms with Crippen molar-refractivity contribution in [2.24, 2.45) is 17.8 Å². The summed E-state index contributed by atoms with van der Waals surface area (Å²) in [5.74, 6) is -3.51. The zero-order chi connectivity index (χ0) is 25.3. The zero-order valence-electron chi connectivity index (χ0n) is 19.1. The van der Waals surface area contributed by atoms with E-state index in [4.69, 9.17) is 4.74 Å². The Labute approximate surface area is 200 Å². The van der Waals surface area contributed by atoms with Gasteiger partial charge in [0.05, 0.1) is 23.9 Å². The maximum atomic E-state index is 13.5. The number of ether oxygens (including phenoxy) is 1. The van der Waals surface area contributed by atoms with Crippen molar-refractivity contribution in [1.29, 1.82) is 0 Å². The molecule has 1 heterocycles. The number of Topliss-reactive ketones (excluding diaryl/α,β-unsaturated/α-hetero) is 1. The van der Waals surface area contributed by atoms with Gasteiger partial charge in [-0.1, -0.05) is 25.1 Å². The van der Waals surface area contributed by atoms with Crippen molar-refractivity contribution in [1.82, 2.24) is 10.0 Å². The first-order valence-electron chi connectivity index (χ1n) is 11.0. The summed E-state index contributed by atoms with van der Waals surface area (Å²) < 4.78 is 5.10. The van der Waals surface area contributed by atoms with E-state index in [2.05, 4.69) is 0 Å². The Bertz CT molecular complexity index is 1240. The molecule has 0 N–H and O–H groups in total. The van der Waals surface area contributed by atoms with Crippen molar-refractivity contribution >= 4 is 29.2 Å². The lowest BCUT2D eigenvalue weighted by Crippen LogP contribution is -2.52. The van der Waals surface area contributed by atoms with E-state index in [1.807, 2.05) is 19.1 Å². The number of allylic oxidation sites excluding steroid dienone is 2. The van der Waals surface area contributed by atoms with Crippen LogP contribution in [0, 0.1) is 27.9 Å². The average Bonchev–Trinajstić information content (AvgIpc) is 3.12. The van der Waals surface area contributed by atoms with Gasteiger partial charge in [0.2, 0.25) is 0 Å². The molecule has 1 saturated heterocycles. The Morgan fingerprint density at radius 3 is 2.46 bits per heavy atom. The summed E-state index contributed by atoms with van der Waals surface area (Å²) in [5.41, 5.74) is -0.208. The smallest absolute Gasteiger partial charge is 0.273 e. The fraction of sp³-hybridized carbons (Fsp3) is 0.280. The number of fused-ring (bicyclic) bond motifs is 1. The summed E-state index contributed by atoms with van der Waals surface area (Å²) >= 11 is 0. The third-order valence-electron chi connectivity index (χ3n) is 6.33. The van der Waals surface area contributed by atoms with Gasteiger partial charge in [-0.05, 0) is 42.7 Å². The monoisotopic (exact) mass is 477 g/mol. The number of nitro groups is 1. The topological polar surface area (TPSA) is 127 Å². The third kappa shape index (κ3) is 4.42. The van der Waals surface area contributed by atoms with Crippen LogP contribution in [0.4, 0.5) is 5.69 Å². The van der Waals surface area contributed by atoms with Crippen LogP contribution in [0.2, 0.25) is 0 Å². The van der Waals surface area contributed by atoms with Gasteiger partial charge >= 0.3 is 0 Å². The summed E-state index contributed by atoms with van der Waals surface area (Å²) in [7, 11) is 1.48. The molecule has 3 atom stereocenters. The first-order valence-corrected chi connectivity index (χ1v) is 11.0. The largest absolute Gasteiger partial charge is 0.497 e. The lowest BCUT2D eigenvalue weighted by atomic mass is 9.78. The summed E-state index contributed by atoms with van der Waals surface area (Å²) in [5, 5.41) is 12.8. The number of hydrogen-bond donors (Lipinski definition) is 0. The Balaban J connectivity index is 1.71. The van der Waals surface area contributed by atoms with E-state index < -0.39 is 46.8 Å². The highest BCUT2D eigenvalue weighted by molar-refractivity contribution is 6.10. The second kappa shape index (κ2) is 9.49. The van der Waals surface area contributed by atoms with Crippen LogP contribution >= 0.6 is 0 Å². The van der Waals surface area contributed by atoms with Crippen LogP contribution in [-0.4, -0.2) is 52.1 Å². The molecule has 1 fully saturated rings. The summed E-state index contributed by atoms with van der Waals surface area (Å²) in [6.07, 6.45) is 4.03. The molecule has 1 aliphatic heterocycles. The molecule has 10 heteroatoms. The third-order valence-corrected chi connectivity index (χ3v) is 6.33. The lowest BCUT2D eigenvalue weighted by Gasteiger charge is -2.30. The number of nitro benzene ring substituents is 1. The van der Waals surface area contributed by atoms with Gasteiger partial charge in [-0.25, -0.2) is 5.01 Å². The highest BCUT2D eigenvalue weighted by atomic mass is 16.6. The molecule has 0 spiro atoms. The van der Waals surface area contributed by atoms with E-state index >= 15 is 0 Å². The first kappa shape index (κ1) is 23.8. The molecule has 0 bridgehead atoms. The number of hydrazine groups is 1. The molecule has 4 rings (SSSR count). The molecule has 0 aromatic heterocycles. The van der Waals surface area contributed by atoms with Crippen LogP contribution in [0.15, 0.2) is 60.7 Å². The molecule has 2 aromatic carbocycles. The molecular weight excluding hydrogens is 454 g/mol. The summed E-state index contributed by atoms with van der Waals surface area (Å²) in [4.78, 5) is 63.8. The number of carbonyl (C=O) groups is 4.